The zero-order valence-electron chi connectivity index (χ0n) is 16.3. The van der Waals surface area contributed by atoms with Crippen LogP contribution in [0.25, 0.3) is 0 Å². The van der Waals surface area contributed by atoms with E-state index in [0.717, 1.165) is 18.2 Å². The second-order valence-corrected chi connectivity index (χ2v) is 7.89. The number of rotatable bonds is 7. The van der Waals surface area contributed by atoms with Crippen LogP contribution in [0.2, 0.25) is 0 Å². The van der Waals surface area contributed by atoms with E-state index in [-0.39, 0.29) is 12.2 Å². The van der Waals surface area contributed by atoms with Crippen molar-refractivity contribution in [2.24, 2.45) is 0 Å². The topological polar surface area (TPSA) is 102 Å². The number of amides is 1. The first-order valence-electron chi connectivity index (χ1n) is 8.83. The predicted octanol–water partition coefficient (Wildman–Crippen LogP) is 3.33. The van der Waals surface area contributed by atoms with Crippen molar-refractivity contribution in [2.75, 3.05) is 11.3 Å². The minimum absolute atomic E-state index is 0.0749. The molecule has 0 saturated heterocycles. The molecule has 168 valence electrons. The number of sulfonamides is 1. The number of anilines is 1. The molecule has 0 spiro atoms. The Morgan fingerprint density at radius 2 is 1.77 bits per heavy atom. The first-order valence-corrected chi connectivity index (χ1v) is 10.3. The van der Waals surface area contributed by atoms with E-state index >= 15 is 0 Å². The van der Waals surface area contributed by atoms with Crippen LogP contribution in [0.3, 0.4) is 0 Å². The van der Waals surface area contributed by atoms with Crippen LogP contribution in [0.1, 0.15) is 29.8 Å². The maximum atomic E-state index is 13.4. The van der Waals surface area contributed by atoms with Crippen LogP contribution in [-0.2, 0) is 25.7 Å². The average molecular weight is 462 g/mol. The highest BCUT2D eigenvalue weighted by atomic mass is 32.2. The number of ether oxygens (including phenoxy) is 1. The van der Waals surface area contributed by atoms with Crippen molar-refractivity contribution in [3.05, 3.63) is 59.4 Å². The van der Waals surface area contributed by atoms with Gasteiger partial charge in [-0.25, -0.2) is 17.6 Å². The molecule has 2 aromatic carbocycles. The van der Waals surface area contributed by atoms with E-state index in [1.165, 1.54) is 19.1 Å². The molecule has 0 saturated carbocycles. The van der Waals surface area contributed by atoms with Crippen molar-refractivity contribution in [3.8, 4) is 0 Å². The number of nitrogens with one attached hydrogen (secondary N) is 2. The van der Waals surface area contributed by atoms with Crippen molar-refractivity contribution in [3.63, 3.8) is 0 Å². The summed E-state index contributed by atoms with van der Waals surface area (Å²) >= 11 is 0. The summed E-state index contributed by atoms with van der Waals surface area (Å²) in [7, 11) is -4.55. The Morgan fingerprint density at radius 3 is 2.39 bits per heavy atom. The number of alkyl halides is 3. The lowest BCUT2D eigenvalue weighted by Gasteiger charge is -2.16. The third-order valence-electron chi connectivity index (χ3n) is 3.93. The van der Waals surface area contributed by atoms with Crippen molar-refractivity contribution in [2.45, 2.75) is 31.0 Å². The largest absolute Gasteiger partial charge is 0.464 e. The lowest BCUT2D eigenvalue weighted by Crippen LogP contribution is -2.40. The minimum Gasteiger partial charge on any atom is -0.464 e. The van der Waals surface area contributed by atoms with Gasteiger partial charge in [-0.3, -0.25) is 9.52 Å². The molecule has 2 N–H and O–H groups in total. The lowest BCUT2D eigenvalue weighted by atomic mass is 10.2. The normalized spacial score (nSPS) is 12.7. The third kappa shape index (κ3) is 5.94. The summed E-state index contributed by atoms with van der Waals surface area (Å²) in [4.78, 5) is 23.6. The van der Waals surface area contributed by atoms with Gasteiger partial charge in [0.1, 0.15) is 16.8 Å². The van der Waals surface area contributed by atoms with Crippen molar-refractivity contribution >= 4 is 27.6 Å². The van der Waals surface area contributed by atoms with Crippen LogP contribution >= 0.6 is 0 Å². The Morgan fingerprint density at radius 1 is 1.13 bits per heavy atom. The van der Waals surface area contributed by atoms with E-state index in [0.29, 0.717) is 12.1 Å². The summed E-state index contributed by atoms with van der Waals surface area (Å²) in [6.07, 6.45) is -5.04. The third-order valence-corrected chi connectivity index (χ3v) is 5.37. The number of hydrogen-bond acceptors (Lipinski definition) is 5. The van der Waals surface area contributed by atoms with E-state index in [1.54, 1.807) is 6.92 Å². The molecular weight excluding hydrogens is 444 g/mol. The number of halogens is 4. The fraction of sp³-hybridized carbons (Fsp3) is 0.263. The predicted molar refractivity (Wildman–Crippen MR) is 102 cm³/mol. The summed E-state index contributed by atoms with van der Waals surface area (Å²) < 4.78 is 84.2. The summed E-state index contributed by atoms with van der Waals surface area (Å²) in [6.45, 7) is 2.98. The van der Waals surface area contributed by atoms with Gasteiger partial charge in [-0.05, 0) is 44.2 Å². The highest BCUT2D eigenvalue weighted by Crippen LogP contribution is 2.33. The van der Waals surface area contributed by atoms with Gasteiger partial charge in [0.2, 0.25) is 0 Å². The Hall–Kier alpha value is -3.15. The Kier molecular flexibility index (Phi) is 7.26. The molecule has 0 heterocycles. The molecule has 1 unspecified atom stereocenters. The van der Waals surface area contributed by atoms with Crippen LogP contribution < -0.4 is 10.0 Å². The van der Waals surface area contributed by atoms with Gasteiger partial charge in [-0.15, -0.1) is 0 Å². The van der Waals surface area contributed by atoms with Crippen LogP contribution in [-0.4, -0.2) is 32.9 Å². The van der Waals surface area contributed by atoms with E-state index < -0.39 is 56.1 Å². The van der Waals surface area contributed by atoms with Crippen LogP contribution in [0.15, 0.2) is 47.4 Å². The minimum atomic E-state index is -5.04. The molecule has 0 aromatic heterocycles. The summed E-state index contributed by atoms with van der Waals surface area (Å²) in [5.41, 5.74) is -2.56. The van der Waals surface area contributed by atoms with Crippen LogP contribution in [0, 0.1) is 5.82 Å². The van der Waals surface area contributed by atoms with Gasteiger partial charge < -0.3 is 10.1 Å². The van der Waals surface area contributed by atoms with Gasteiger partial charge in [0, 0.05) is 5.69 Å². The first-order chi connectivity index (χ1) is 14.4. The van der Waals surface area contributed by atoms with Crippen molar-refractivity contribution in [1.29, 1.82) is 0 Å². The smallest absolute Gasteiger partial charge is 0.419 e. The number of esters is 1. The molecule has 1 amide bonds. The molecule has 0 fully saturated rings. The molecule has 0 aliphatic carbocycles. The van der Waals surface area contributed by atoms with Gasteiger partial charge in [0.25, 0.3) is 15.9 Å². The number of carbonyl (C=O) groups excluding carboxylic acids is 2. The zero-order valence-corrected chi connectivity index (χ0v) is 17.1. The average Bonchev–Trinajstić information content (AvgIpc) is 2.68. The van der Waals surface area contributed by atoms with Gasteiger partial charge in [-0.2, -0.15) is 13.2 Å². The Bertz CT molecular complexity index is 1090. The molecule has 7 nitrogen and oxygen atoms in total. The molecule has 0 bridgehead atoms. The standard InChI is InChI=1S/C19H18F4N2O5S/c1-3-30-18(27)11(2)24-17(26)13-6-4-5-7-16(13)31(28,29)25-12-8-9-15(20)14(10-12)19(21,22)23/h4-11,25H,3H2,1-2H3,(H,24,26). The van der Waals surface area contributed by atoms with Gasteiger partial charge >= 0.3 is 12.1 Å². The Balaban J connectivity index is 2.35. The monoisotopic (exact) mass is 462 g/mol. The molecule has 1 atom stereocenters. The van der Waals surface area contributed by atoms with Crippen LogP contribution in [0.5, 0.6) is 0 Å². The van der Waals surface area contributed by atoms with E-state index in [9.17, 15) is 35.6 Å². The number of benzene rings is 2. The molecule has 2 rings (SSSR count). The molecule has 31 heavy (non-hydrogen) atoms. The summed E-state index contributed by atoms with van der Waals surface area (Å²) in [5, 5.41) is 2.29. The summed E-state index contributed by atoms with van der Waals surface area (Å²) in [5.74, 6) is -3.22. The lowest BCUT2D eigenvalue weighted by molar-refractivity contribution is -0.145. The van der Waals surface area contributed by atoms with E-state index in [2.05, 4.69) is 5.32 Å². The second-order valence-electron chi connectivity index (χ2n) is 6.24. The van der Waals surface area contributed by atoms with E-state index in [4.69, 9.17) is 4.74 Å². The first kappa shape index (κ1) is 24.1. The zero-order chi connectivity index (χ0) is 23.4. The molecular formula is C19H18F4N2O5S. The number of carbonyl (C=O) groups is 2. The van der Waals surface area contributed by atoms with Crippen LogP contribution in [0.4, 0.5) is 23.2 Å². The van der Waals surface area contributed by atoms with Crippen molar-refractivity contribution < 1.29 is 40.3 Å². The molecule has 2 aromatic rings. The maximum Gasteiger partial charge on any atom is 0.419 e. The molecule has 0 aliphatic rings. The van der Waals surface area contributed by atoms with Crippen molar-refractivity contribution in [1.82, 2.24) is 5.32 Å². The Labute approximate surface area is 175 Å². The summed E-state index contributed by atoms with van der Waals surface area (Å²) in [6, 6.07) is 5.39. The van der Waals surface area contributed by atoms with Gasteiger partial charge in [0.15, 0.2) is 0 Å². The SMILES string of the molecule is CCOC(=O)C(C)NC(=O)c1ccccc1S(=O)(=O)Nc1ccc(F)c(C(F)(F)F)c1. The van der Waals surface area contributed by atoms with E-state index in [1.807, 2.05) is 4.72 Å². The fourth-order valence-electron chi connectivity index (χ4n) is 2.51. The second kappa shape index (κ2) is 9.33. The number of hydrogen-bond donors (Lipinski definition) is 2. The quantitative estimate of drug-likeness (QED) is 0.486. The molecule has 12 heteroatoms. The highest BCUT2D eigenvalue weighted by Gasteiger charge is 2.34. The fourth-order valence-corrected chi connectivity index (χ4v) is 3.76. The highest BCUT2D eigenvalue weighted by molar-refractivity contribution is 7.92. The van der Waals surface area contributed by atoms with Gasteiger partial charge in [-0.1, -0.05) is 12.1 Å². The van der Waals surface area contributed by atoms with Gasteiger partial charge in [0.05, 0.1) is 17.7 Å². The molecule has 0 radical (unpaired) electrons. The molecule has 0 aliphatic heterocycles. The maximum absolute atomic E-state index is 13.4.